The van der Waals surface area contributed by atoms with Gasteiger partial charge in [-0.3, -0.25) is 9.69 Å². The maximum Gasteiger partial charge on any atom is 0.242 e. The van der Waals surface area contributed by atoms with Gasteiger partial charge in [0.1, 0.15) is 0 Å². The third-order valence-electron chi connectivity index (χ3n) is 6.85. The van der Waals surface area contributed by atoms with E-state index in [0.29, 0.717) is 18.0 Å². The summed E-state index contributed by atoms with van der Waals surface area (Å²) in [6, 6.07) is 4.56. The molecule has 5 aliphatic rings. The molecule has 0 radical (unpaired) electrons. The zero-order valence-electron chi connectivity index (χ0n) is 14.1. The second-order valence-electron chi connectivity index (χ2n) is 8.22. The lowest BCUT2D eigenvalue weighted by Crippen LogP contribution is -2.62. The fraction of sp³-hybridized carbons (Fsp3) is 0.632. The number of rotatable bonds is 2. The Bertz CT molecular complexity index is 727. The van der Waals surface area contributed by atoms with E-state index in [4.69, 9.17) is 5.73 Å². The molecule has 25 heavy (non-hydrogen) atoms. The first-order valence-corrected chi connectivity index (χ1v) is 9.27. The number of fused-ring (bicyclic) bond motifs is 2. The van der Waals surface area contributed by atoms with Crippen molar-refractivity contribution in [2.24, 2.45) is 11.7 Å². The second-order valence-corrected chi connectivity index (χ2v) is 8.22. The lowest BCUT2D eigenvalue weighted by atomic mass is 9.75. The van der Waals surface area contributed by atoms with Gasteiger partial charge in [0, 0.05) is 18.5 Å². The van der Waals surface area contributed by atoms with Crippen LogP contribution < -0.4 is 5.73 Å². The van der Waals surface area contributed by atoms with Gasteiger partial charge in [0.2, 0.25) is 5.91 Å². The summed E-state index contributed by atoms with van der Waals surface area (Å²) in [5.74, 6) is -1.31. The minimum absolute atomic E-state index is 0.00978. The number of carbonyl (C=O) groups excluding carboxylic acids is 1. The molecule has 1 saturated carbocycles. The van der Waals surface area contributed by atoms with E-state index in [1.807, 2.05) is 4.90 Å². The molecule has 4 nitrogen and oxygen atoms in total. The maximum atomic E-state index is 14.5. The van der Waals surface area contributed by atoms with Crippen LogP contribution in [-0.2, 0) is 4.79 Å². The molecule has 1 aromatic carbocycles. The van der Waals surface area contributed by atoms with Crippen molar-refractivity contribution in [1.29, 1.82) is 0 Å². The summed E-state index contributed by atoms with van der Waals surface area (Å²) in [4.78, 5) is 17.3. The quantitative estimate of drug-likeness (QED) is 0.888. The highest BCUT2D eigenvalue weighted by atomic mass is 19.2. The number of nitrogens with two attached hydrogens (primary N) is 1. The first kappa shape index (κ1) is 15.7. The largest absolute Gasteiger partial charge is 0.336 e. The normalized spacial score (nSPS) is 37.9. The van der Waals surface area contributed by atoms with Crippen molar-refractivity contribution in [2.45, 2.75) is 49.2 Å². The molecule has 4 saturated heterocycles. The van der Waals surface area contributed by atoms with Crippen molar-refractivity contribution >= 4 is 5.91 Å². The molecular weight excluding hydrogens is 324 g/mol. The molecule has 2 bridgehead atoms. The number of hydrogen-bond acceptors (Lipinski definition) is 3. The Hall–Kier alpha value is -1.53. The molecule has 4 heterocycles. The SMILES string of the molecule is NC1(C(=O)N2C[C@H](c3cccc(F)c3F)[C@@H]3[C@H]2C2CCN3CC2)CC1. The van der Waals surface area contributed by atoms with Gasteiger partial charge in [-0.2, -0.15) is 0 Å². The first-order valence-electron chi connectivity index (χ1n) is 9.27. The van der Waals surface area contributed by atoms with E-state index in [1.54, 1.807) is 12.1 Å². The molecule has 134 valence electrons. The molecule has 0 unspecified atom stereocenters. The van der Waals surface area contributed by atoms with Crippen LogP contribution in [0.15, 0.2) is 18.2 Å². The van der Waals surface area contributed by atoms with Gasteiger partial charge in [-0.1, -0.05) is 12.1 Å². The average Bonchev–Trinajstić information content (AvgIpc) is 3.25. The van der Waals surface area contributed by atoms with Gasteiger partial charge < -0.3 is 10.6 Å². The number of piperidine rings is 3. The Labute approximate surface area is 146 Å². The molecule has 6 heteroatoms. The minimum atomic E-state index is -0.813. The summed E-state index contributed by atoms with van der Waals surface area (Å²) in [5, 5.41) is 0. The van der Waals surface area contributed by atoms with Gasteiger partial charge in [-0.15, -0.1) is 0 Å². The standard InChI is InChI=1S/C19H23F2N3O/c20-14-3-1-2-12(15(14)21)13-10-24(18(25)19(22)6-7-19)16-11-4-8-23(9-5-11)17(13)16/h1-3,11,13,16-17H,4-10,22H2/t13-,16-,17-/m1/s1. The highest BCUT2D eigenvalue weighted by molar-refractivity contribution is 5.90. The minimum Gasteiger partial charge on any atom is -0.336 e. The van der Waals surface area contributed by atoms with E-state index < -0.39 is 17.2 Å². The van der Waals surface area contributed by atoms with Crippen molar-refractivity contribution in [3.63, 3.8) is 0 Å². The van der Waals surface area contributed by atoms with Crippen LogP contribution in [0.2, 0.25) is 0 Å². The van der Waals surface area contributed by atoms with Crippen molar-refractivity contribution in [2.75, 3.05) is 19.6 Å². The number of amides is 1. The number of halogens is 2. The van der Waals surface area contributed by atoms with Gasteiger partial charge in [0.25, 0.3) is 0 Å². The molecule has 3 atom stereocenters. The van der Waals surface area contributed by atoms with E-state index in [2.05, 4.69) is 4.90 Å². The number of carbonyl (C=O) groups is 1. The zero-order valence-corrected chi connectivity index (χ0v) is 14.1. The Morgan fingerprint density at radius 2 is 1.88 bits per heavy atom. The van der Waals surface area contributed by atoms with Crippen molar-refractivity contribution in [3.8, 4) is 0 Å². The third-order valence-corrected chi connectivity index (χ3v) is 6.85. The Morgan fingerprint density at radius 3 is 2.56 bits per heavy atom. The van der Waals surface area contributed by atoms with Gasteiger partial charge >= 0.3 is 0 Å². The van der Waals surface area contributed by atoms with Crippen LogP contribution in [0.1, 0.15) is 37.2 Å². The Kier molecular flexibility index (Phi) is 3.29. The molecule has 5 fully saturated rings. The number of likely N-dealkylation sites (tertiary alicyclic amines) is 1. The monoisotopic (exact) mass is 347 g/mol. The van der Waals surface area contributed by atoms with Crippen LogP contribution >= 0.6 is 0 Å². The predicted octanol–water partition coefficient (Wildman–Crippen LogP) is 1.84. The Balaban J connectivity index is 1.56. The van der Waals surface area contributed by atoms with Gasteiger partial charge in [0.15, 0.2) is 11.6 Å². The Morgan fingerprint density at radius 1 is 1.16 bits per heavy atom. The highest BCUT2D eigenvalue weighted by Gasteiger charge is 2.59. The van der Waals surface area contributed by atoms with Gasteiger partial charge in [0.05, 0.1) is 11.6 Å². The molecule has 1 amide bonds. The average molecular weight is 347 g/mol. The lowest BCUT2D eigenvalue weighted by molar-refractivity contribution is -0.138. The fourth-order valence-electron chi connectivity index (χ4n) is 5.37. The number of benzene rings is 1. The number of hydrogen-bond donors (Lipinski definition) is 1. The van der Waals surface area contributed by atoms with Crippen molar-refractivity contribution in [3.05, 3.63) is 35.4 Å². The molecule has 6 rings (SSSR count). The molecule has 0 aromatic heterocycles. The van der Waals surface area contributed by atoms with Crippen molar-refractivity contribution in [1.82, 2.24) is 9.80 Å². The molecule has 2 N–H and O–H groups in total. The van der Waals surface area contributed by atoms with E-state index in [1.165, 1.54) is 0 Å². The molecule has 1 aromatic rings. The summed E-state index contributed by atoms with van der Waals surface area (Å²) < 4.78 is 28.3. The smallest absolute Gasteiger partial charge is 0.242 e. The van der Waals surface area contributed by atoms with Crippen LogP contribution in [-0.4, -0.2) is 53.0 Å². The highest BCUT2D eigenvalue weighted by Crippen LogP contribution is 2.49. The second kappa shape index (κ2) is 5.24. The van der Waals surface area contributed by atoms with E-state index in [9.17, 15) is 13.6 Å². The molecule has 1 aliphatic carbocycles. The topological polar surface area (TPSA) is 49.6 Å². The third kappa shape index (κ3) is 2.20. The van der Waals surface area contributed by atoms with E-state index >= 15 is 0 Å². The molecule has 0 spiro atoms. The summed E-state index contributed by atoms with van der Waals surface area (Å²) in [5.41, 5.74) is 5.88. The summed E-state index contributed by atoms with van der Waals surface area (Å²) in [6.45, 7) is 2.41. The maximum absolute atomic E-state index is 14.5. The molecule has 4 aliphatic heterocycles. The van der Waals surface area contributed by atoms with Crippen LogP contribution in [0.25, 0.3) is 0 Å². The van der Waals surface area contributed by atoms with Crippen LogP contribution in [0.3, 0.4) is 0 Å². The van der Waals surface area contributed by atoms with E-state index in [-0.39, 0.29) is 23.9 Å². The fourth-order valence-corrected chi connectivity index (χ4v) is 5.37. The summed E-state index contributed by atoms with van der Waals surface area (Å²) in [6.07, 6.45) is 3.60. The predicted molar refractivity (Wildman–Crippen MR) is 88.8 cm³/mol. The number of nitrogens with zero attached hydrogens (tertiary/aromatic N) is 2. The summed E-state index contributed by atoms with van der Waals surface area (Å²) >= 11 is 0. The van der Waals surface area contributed by atoms with Gasteiger partial charge in [-0.25, -0.2) is 8.78 Å². The molecular formula is C19H23F2N3O. The van der Waals surface area contributed by atoms with Crippen LogP contribution in [0, 0.1) is 17.6 Å². The van der Waals surface area contributed by atoms with Crippen LogP contribution in [0.4, 0.5) is 8.78 Å². The van der Waals surface area contributed by atoms with Crippen LogP contribution in [0.5, 0.6) is 0 Å². The van der Waals surface area contributed by atoms with E-state index in [0.717, 1.165) is 44.8 Å². The lowest BCUT2D eigenvalue weighted by Gasteiger charge is -2.51. The van der Waals surface area contributed by atoms with Gasteiger partial charge in [-0.05, 0) is 56.3 Å². The summed E-state index contributed by atoms with van der Waals surface area (Å²) in [7, 11) is 0. The van der Waals surface area contributed by atoms with Crippen molar-refractivity contribution < 1.29 is 13.6 Å². The first-order chi connectivity index (χ1) is 12.0. The zero-order chi connectivity index (χ0) is 17.3.